The van der Waals surface area contributed by atoms with Crippen LogP contribution >= 0.6 is 15.9 Å². The molecule has 2 rings (SSSR count). The molecule has 0 saturated carbocycles. The average Bonchev–Trinajstić information content (AvgIpc) is 2.46. The lowest BCUT2D eigenvalue weighted by Gasteiger charge is -2.35. The van der Waals surface area contributed by atoms with Crippen molar-refractivity contribution in [2.45, 2.75) is 25.8 Å². The molecular formula is C13H19BrN4O2. The van der Waals surface area contributed by atoms with E-state index in [4.69, 9.17) is 4.74 Å². The Balaban J connectivity index is 2.29. The van der Waals surface area contributed by atoms with E-state index in [1.54, 1.807) is 7.05 Å². The number of rotatable bonds is 4. The average molecular weight is 343 g/mol. The van der Waals surface area contributed by atoms with Crippen molar-refractivity contribution in [3.05, 3.63) is 16.5 Å². The third kappa shape index (κ3) is 3.46. The predicted molar refractivity (Wildman–Crippen MR) is 79.7 cm³/mol. The van der Waals surface area contributed by atoms with Crippen molar-refractivity contribution >= 4 is 27.7 Å². The lowest BCUT2D eigenvalue weighted by atomic mass is 10.2. The van der Waals surface area contributed by atoms with Crippen LogP contribution in [0.4, 0.5) is 5.82 Å². The van der Waals surface area contributed by atoms with Gasteiger partial charge in [0, 0.05) is 26.1 Å². The summed E-state index contributed by atoms with van der Waals surface area (Å²) in [6, 6.07) is 1.51. The number of nitrogens with zero attached hydrogens (tertiary/aromatic N) is 3. The Morgan fingerprint density at radius 1 is 1.60 bits per heavy atom. The molecule has 1 saturated heterocycles. The molecule has 0 radical (unpaired) electrons. The maximum atomic E-state index is 12.0. The van der Waals surface area contributed by atoms with E-state index in [0.717, 1.165) is 29.1 Å². The summed E-state index contributed by atoms with van der Waals surface area (Å²) in [7, 11) is 1.63. The van der Waals surface area contributed by atoms with E-state index in [1.165, 1.54) is 0 Å². The van der Waals surface area contributed by atoms with Crippen LogP contribution in [-0.4, -0.2) is 48.7 Å². The number of hydrogen-bond acceptors (Lipinski definition) is 5. The predicted octanol–water partition coefficient (Wildman–Crippen LogP) is 1.14. The van der Waals surface area contributed by atoms with Crippen molar-refractivity contribution in [2.75, 3.05) is 31.7 Å². The van der Waals surface area contributed by atoms with Crippen LogP contribution in [0, 0.1) is 0 Å². The molecule has 0 aromatic carbocycles. The van der Waals surface area contributed by atoms with Crippen molar-refractivity contribution in [2.24, 2.45) is 0 Å². The second-order valence-electron chi connectivity index (χ2n) is 4.61. The van der Waals surface area contributed by atoms with E-state index in [1.807, 2.05) is 11.0 Å². The normalized spacial score (nSPS) is 18.9. The number of likely N-dealkylation sites (N-methyl/N-ethyl adjacent to an activating group) is 1. The summed E-state index contributed by atoms with van der Waals surface area (Å²) in [4.78, 5) is 22.9. The zero-order valence-corrected chi connectivity index (χ0v) is 13.3. The first kappa shape index (κ1) is 15.2. The van der Waals surface area contributed by atoms with Gasteiger partial charge in [-0.05, 0) is 22.4 Å². The Kier molecular flexibility index (Phi) is 5.31. The molecule has 1 aromatic heterocycles. The van der Waals surface area contributed by atoms with Crippen molar-refractivity contribution in [3.63, 3.8) is 0 Å². The number of carbonyl (C=O) groups excluding carboxylic acids is 1. The minimum absolute atomic E-state index is 0.0588. The van der Waals surface area contributed by atoms with Crippen molar-refractivity contribution in [3.8, 4) is 0 Å². The van der Waals surface area contributed by atoms with Gasteiger partial charge in [-0.3, -0.25) is 4.79 Å². The Labute approximate surface area is 127 Å². The molecule has 110 valence electrons. The molecule has 0 aliphatic carbocycles. The minimum Gasteiger partial charge on any atom is -0.377 e. The van der Waals surface area contributed by atoms with E-state index in [0.29, 0.717) is 19.8 Å². The molecule has 2 heterocycles. The number of morpholine rings is 1. The number of halogens is 1. The number of ether oxygens (including phenoxy) is 1. The van der Waals surface area contributed by atoms with Crippen molar-refractivity contribution in [1.82, 2.24) is 15.3 Å². The number of carbonyl (C=O) groups is 1. The highest BCUT2D eigenvalue weighted by Crippen LogP contribution is 2.21. The molecule has 1 unspecified atom stereocenters. The topological polar surface area (TPSA) is 67.4 Å². The molecule has 7 heteroatoms. The van der Waals surface area contributed by atoms with Gasteiger partial charge in [0.2, 0.25) is 5.91 Å². The summed E-state index contributed by atoms with van der Waals surface area (Å²) in [5.74, 6) is 1.50. The Bertz CT molecular complexity index is 483. The first-order valence-electron chi connectivity index (χ1n) is 6.75. The molecule has 1 amide bonds. The Morgan fingerprint density at radius 3 is 3.10 bits per heavy atom. The summed E-state index contributed by atoms with van der Waals surface area (Å²) in [5.41, 5.74) is 0. The van der Waals surface area contributed by atoms with Gasteiger partial charge < -0.3 is 15.0 Å². The molecule has 1 atom stereocenters. The fourth-order valence-electron chi connectivity index (χ4n) is 2.20. The number of aryl methyl sites for hydroxylation is 1. The monoisotopic (exact) mass is 342 g/mol. The van der Waals surface area contributed by atoms with Gasteiger partial charge >= 0.3 is 0 Å². The van der Waals surface area contributed by atoms with E-state index < -0.39 is 0 Å². The number of anilines is 1. The van der Waals surface area contributed by atoms with Crippen LogP contribution in [0.25, 0.3) is 0 Å². The smallest absolute Gasteiger partial charge is 0.244 e. The lowest BCUT2D eigenvalue weighted by molar-refractivity contribution is -0.124. The number of aromatic nitrogens is 2. The van der Waals surface area contributed by atoms with Gasteiger partial charge in [0.1, 0.15) is 22.3 Å². The van der Waals surface area contributed by atoms with E-state index in [2.05, 4.69) is 38.1 Å². The molecule has 0 bridgehead atoms. The zero-order chi connectivity index (χ0) is 14.5. The second-order valence-corrected chi connectivity index (χ2v) is 5.43. The summed E-state index contributed by atoms with van der Waals surface area (Å²) >= 11 is 3.41. The van der Waals surface area contributed by atoms with Crippen molar-refractivity contribution < 1.29 is 9.53 Å². The van der Waals surface area contributed by atoms with Gasteiger partial charge in [0.05, 0.1) is 13.2 Å². The fraction of sp³-hybridized carbons (Fsp3) is 0.615. The number of amides is 1. The Morgan fingerprint density at radius 2 is 2.40 bits per heavy atom. The molecule has 1 aliphatic heterocycles. The number of nitrogens with one attached hydrogen (secondary N) is 1. The molecule has 1 N–H and O–H groups in total. The fourth-order valence-corrected chi connectivity index (χ4v) is 2.61. The molecule has 1 aromatic rings. The third-order valence-electron chi connectivity index (χ3n) is 3.17. The Hall–Kier alpha value is -1.21. The molecular weight excluding hydrogens is 324 g/mol. The largest absolute Gasteiger partial charge is 0.377 e. The first-order valence-corrected chi connectivity index (χ1v) is 7.54. The highest BCUT2D eigenvalue weighted by molar-refractivity contribution is 9.10. The molecule has 1 aliphatic rings. The number of hydrogen-bond donors (Lipinski definition) is 1. The third-order valence-corrected chi connectivity index (χ3v) is 3.58. The lowest BCUT2D eigenvalue weighted by Crippen LogP contribution is -2.53. The van der Waals surface area contributed by atoms with E-state index in [9.17, 15) is 4.79 Å². The minimum atomic E-state index is -0.343. The molecule has 20 heavy (non-hydrogen) atoms. The van der Waals surface area contributed by atoms with Gasteiger partial charge in [-0.1, -0.05) is 6.92 Å². The summed E-state index contributed by atoms with van der Waals surface area (Å²) < 4.78 is 6.15. The van der Waals surface area contributed by atoms with Crippen LogP contribution in [0.5, 0.6) is 0 Å². The summed E-state index contributed by atoms with van der Waals surface area (Å²) in [6.45, 7) is 3.71. The molecule has 1 fully saturated rings. The maximum absolute atomic E-state index is 12.0. The van der Waals surface area contributed by atoms with Gasteiger partial charge in [0.25, 0.3) is 0 Å². The van der Waals surface area contributed by atoms with Gasteiger partial charge in [-0.2, -0.15) is 0 Å². The molecule has 6 nitrogen and oxygen atoms in total. The van der Waals surface area contributed by atoms with Crippen LogP contribution < -0.4 is 10.2 Å². The van der Waals surface area contributed by atoms with E-state index >= 15 is 0 Å². The van der Waals surface area contributed by atoms with E-state index in [-0.39, 0.29) is 11.9 Å². The van der Waals surface area contributed by atoms with Crippen molar-refractivity contribution in [1.29, 1.82) is 0 Å². The van der Waals surface area contributed by atoms with Crippen LogP contribution in [0.15, 0.2) is 10.7 Å². The van der Waals surface area contributed by atoms with Crippen LogP contribution in [0.1, 0.15) is 19.2 Å². The standard InChI is InChI=1S/C13H19BrN4O2/c1-3-4-11-16-10(14)7-12(17-11)18-5-6-20-8-9(18)13(19)15-2/h7,9H,3-6,8H2,1-2H3,(H,15,19). The van der Waals surface area contributed by atoms with Crippen LogP contribution in [0.3, 0.4) is 0 Å². The summed E-state index contributed by atoms with van der Waals surface area (Å²) in [5, 5.41) is 2.67. The maximum Gasteiger partial charge on any atom is 0.244 e. The van der Waals surface area contributed by atoms with Gasteiger partial charge in [-0.15, -0.1) is 0 Å². The zero-order valence-electron chi connectivity index (χ0n) is 11.7. The quantitative estimate of drug-likeness (QED) is 0.831. The van der Waals surface area contributed by atoms with Crippen LogP contribution in [0.2, 0.25) is 0 Å². The van der Waals surface area contributed by atoms with Gasteiger partial charge in [0.15, 0.2) is 0 Å². The SMILES string of the molecule is CCCc1nc(Br)cc(N2CCOCC2C(=O)NC)n1. The van der Waals surface area contributed by atoms with Crippen LogP contribution in [-0.2, 0) is 16.0 Å². The second kappa shape index (κ2) is 6.99. The summed E-state index contributed by atoms with van der Waals surface area (Å²) in [6.07, 6.45) is 1.80. The van der Waals surface area contributed by atoms with Gasteiger partial charge in [-0.25, -0.2) is 9.97 Å². The molecule has 0 spiro atoms. The highest BCUT2D eigenvalue weighted by Gasteiger charge is 2.30. The highest BCUT2D eigenvalue weighted by atomic mass is 79.9. The first-order chi connectivity index (χ1) is 9.65.